The molecule has 6 heteroatoms. The van der Waals surface area contributed by atoms with Crippen molar-refractivity contribution in [2.75, 3.05) is 19.8 Å². The number of hydrogen-bond acceptors (Lipinski definition) is 3. The van der Waals surface area contributed by atoms with Crippen molar-refractivity contribution in [3.8, 4) is 0 Å². The topological polar surface area (TPSA) is 55.2 Å². The van der Waals surface area contributed by atoms with E-state index in [9.17, 15) is 8.42 Å². The second-order valence-corrected chi connectivity index (χ2v) is 5.45. The molecular formula is C8H15N3O2S. The van der Waals surface area contributed by atoms with E-state index < -0.39 is 10.0 Å². The summed E-state index contributed by atoms with van der Waals surface area (Å²) in [6.45, 7) is 0.491. The van der Waals surface area contributed by atoms with Crippen molar-refractivity contribution in [1.29, 1.82) is 0 Å². The van der Waals surface area contributed by atoms with Crippen LogP contribution in [0.15, 0.2) is 12.4 Å². The first-order valence-electron chi connectivity index (χ1n) is 4.28. The molecule has 1 heterocycles. The van der Waals surface area contributed by atoms with Gasteiger partial charge in [0.2, 0.25) is 10.0 Å². The Kier molecular flexibility index (Phi) is 3.28. The summed E-state index contributed by atoms with van der Waals surface area (Å²) in [4.78, 5) is 0. The molecule has 0 aliphatic rings. The summed E-state index contributed by atoms with van der Waals surface area (Å²) < 4.78 is 25.2. The number of nitrogens with zero attached hydrogens (tertiary/aromatic N) is 3. The van der Waals surface area contributed by atoms with E-state index in [4.69, 9.17) is 0 Å². The van der Waals surface area contributed by atoms with E-state index in [-0.39, 0.29) is 0 Å². The fourth-order valence-electron chi connectivity index (χ4n) is 1.05. The van der Waals surface area contributed by atoms with Crippen LogP contribution in [0.2, 0.25) is 0 Å². The smallest absolute Gasteiger partial charge is 0.210 e. The standard InChI is InChI=1S/C8H15N3O2S/c1-10-7-8(6-9-10)4-5-11(2)14(3,12)13/h6-7H,4-5H2,1-3H3. The molecule has 0 spiro atoms. The van der Waals surface area contributed by atoms with Gasteiger partial charge in [-0.3, -0.25) is 4.68 Å². The van der Waals surface area contributed by atoms with Crippen molar-refractivity contribution in [2.24, 2.45) is 7.05 Å². The van der Waals surface area contributed by atoms with Crippen LogP contribution in [0, 0.1) is 0 Å². The van der Waals surface area contributed by atoms with Crippen molar-refractivity contribution in [1.82, 2.24) is 14.1 Å². The number of likely N-dealkylation sites (N-methyl/N-ethyl adjacent to an activating group) is 1. The number of rotatable bonds is 4. The summed E-state index contributed by atoms with van der Waals surface area (Å²) in [5, 5.41) is 4.01. The Labute approximate surface area is 84.4 Å². The molecule has 1 rings (SSSR count). The van der Waals surface area contributed by atoms with Gasteiger partial charge in [-0.2, -0.15) is 5.10 Å². The third-order valence-electron chi connectivity index (χ3n) is 2.04. The molecule has 0 radical (unpaired) electrons. The SMILES string of the molecule is CN(CCc1cnn(C)c1)S(C)(=O)=O. The van der Waals surface area contributed by atoms with Crippen LogP contribution in [-0.4, -0.2) is 42.4 Å². The fourth-order valence-corrected chi connectivity index (χ4v) is 1.48. The quantitative estimate of drug-likeness (QED) is 0.705. The summed E-state index contributed by atoms with van der Waals surface area (Å²) in [5.41, 5.74) is 1.04. The van der Waals surface area contributed by atoms with Gasteiger partial charge in [-0.25, -0.2) is 12.7 Å². The molecule has 1 aromatic rings. The van der Waals surface area contributed by atoms with E-state index in [2.05, 4.69) is 5.10 Å². The van der Waals surface area contributed by atoms with E-state index in [1.165, 1.54) is 10.6 Å². The van der Waals surface area contributed by atoms with Crippen molar-refractivity contribution in [3.05, 3.63) is 18.0 Å². The zero-order chi connectivity index (χ0) is 10.8. The molecule has 0 amide bonds. The molecule has 0 aliphatic carbocycles. The highest BCUT2D eigenvalue weighted by atomic mass is 32.2. The van der Waals surface area contributed by atoms with E-state index in [0.29, 0.717) is 13.0 Å². The third-order valence-corrected chi connectivity index (χ3v) is 3.35. The minimum Gasteiger partial charge on any atom is -0.276 e. The Morgan fingerprint density at radius 1 is 1.57 bits per heavy atom. The van der Waals surface area contributed by atoms with Gasteiger partial charge < -0.3 is 0 Å². The second-order valence-electron chi connectivity index (χ2n) is 3.36. The van der Waals surface area contributed by atoms with Gasteiger partial charge in [0.05, 0.1) is 12.5 Å². The summed E-state index contributed by atoms with van der Waals surface area (Å²) in [5.74, 6) is 0. The molecule has 14 heavy (non-hydrogen) atoms. The van der Waals surface area contributed by atoms with Crippen molar-refractivity contribution < 1.29 is 8.42 Å². The lowest BCUT2D eigenvalue weighted by Gasteiger charge is -2.12. The van der Waals surface area contributed by atoms with Crippen LogP contribution in [0.1, 0.15) is 5.56 Å². The largest absolute Gasteiger partial charge is 0.276 e. The van der Waals surface area contributed by atoms with Gasteiger partial charge in [0, 0.05) is 26.8 Å². The van der Waals surface area contributed by atoms with Gasteiger partial charge in [0.1, 0.15) is 0 Å². The lowest BCUT2D eigenvalue weighted by atomic mass is 10.2. The average Bonchev–Trinajstić information content (AvgIpc) is 2.45. The molecule has 5 nitrogen and oxygen atoms in total. The van der Waals surface area contributed by atoms with Gasteiger partial charge in [0.25, 0.3) is 0 Å². The Bertz CT molecular complexity index is 396. The van der Waals surface area contributed by atoms with Crippen LogP contribution in [0.4, 0.5) is 0 Å². The van der Waals surface area contributed by atoms with E-state index >= 15 is 0 Å². The molecule has 0 aliphatic heterocycles. The summed E-state index contributed by atoms with van der Waals surface area (Å²) in [7, 11) is 0.352. The monoisotopic (exact) mass is 217 g/mol. The van der Waals surface area contributed by atoms with Gasteiger partial charge in [0.15, 0.2) is 0 Å². The molecular weight excluding hydrogens is 202 g/mol. The van der Waals surface area contributed by atoms with Crippen LogP contribution in [0.5, 0.6) is 0 Å². The minimum absolute atomic E-state index is 0.491. The minimum atomic E-state index is -3.06. The van der Waals surface area contributed by atoms with E-state index in [0.717, 1.165) is 5.56 Å². The molecule has 1 aromatic heterocycles. The predicted octanol–water partition coefficient (Wildman–Crippen LogP) is -0.146. The number of sulfonamides is 1. The molecule has 0 bridgehead atoms. The molecule has 0 atom stereocenters. The van der Waals surface area contributed by atoms with Crippen molar-refractivity contribution in [3.63, 3.8) is 0 Å². The highest BCUT2D eigenvalue weighted by Crippen LogP contribution is 2.01. The Morgan fingerprint density at radius 3 is 2.64 bits per heavy atom. The molecule has 0 saturated heterocycles. The van der Waals surface area contributed by atoms with Crippen molar-refractivity contribution >= 4 is 10.0 Å². The number of hydrogen-bond donors (Lipinski definition) is 0. The highest BCUT2D eigenvalue weighted by Gasteiger charge is 2.10. The maximum atomic E-state index is 11.1. The van der Waals surface area contributed by atoms with Crippen LogP contribution in [0.25, 0.3) is 0 Å². The molecule has 0 unspecified atom stereocenters. The molecule has 0 saturated carbocycles. The van der Waals surface area contributed by atoms with Crippen LogP contribution in [-0.2, 0) is 23.5 Å². The highest BCUT2D eigenvalue weighted by molar-refractivity contribution is 7.88. The van der Waals surface area contributed by atoms with Crippen molar-refractivity contribution in [2.45, 2.75) is 6.42 Å². The average molecular weight is 217 g/mol. The lowest BCUT2D eigenvalue weighted by Crippen LogP contribution is -2.27. The lowest BCUT2D eigenvalue weighted by molar-refractivity contribution is 0.478. The summed E-state index contributed by atoms with van der Waals surface area (Å²) >= 11 is 0. The van der Waals surface area contributed by atoms with E-state index in [1.807, 2.05) is 13.2 Å². The molecule has 80 valence electrons. The fraction of sp³-hybridized carbons (Fsp3) is 0.625. The van der Waals surface area contributed by atoms with Gasteiger partial charge in [-0.05, 0) is 12.0 Å². The molecule has 0 aromatic carbocycles. The van der Waals surface area contributed by atoms with Gasteiger partial charge >= 0.3 is 0 Å². The van der Waals surface area contributed by atoms with E-state index in [1.54, 1.807) is 17.9 Å². The Hall–Kier alpha value is -0.880. The van der Waals surface area contributed by atoms with Crippen LogP contribution in [0.3, 0.4) is 0 Å². The Balaban J connectivity index is 2.50. The Morgan fingerprint density at radius 2 is 2.21 bits per heavy atom. The number of aryl methyl sites for hydroxylation is 1. The predicted molar refractivity (Wildman–Crippen MR) is 54.4 cm³/mol. The molecule has 0 fully saturated rings. The number of aromatic nitrogens is 2. The summed E-state index contributed by atoms with van der Waals surface area (Å²) in [6.07, 6.45) is 5.53. The zero-order valence-corrected chi connectivity index (χ0v) is 9.45. The maximum Gasteiger partial charge on any atom is 0.210 e. The second kappa shape index (κ2) is 4.10. The first kappa shape index (κ1) is 11.2. The van der Waals surface area contributed by atoms with Crippen LogP contribution < -0.4 is 0 Å². The van der Waals surface area contributed by atoms with Gasteiger partial charge in [-0.1, -0.05) is 0 Å². The third kappa shape index (κ3) is 3.12. The summed E-state index contributed by atoms with van der Waals surface area (Å²) in [6, 6.07) is 0. The normalized spacial score (nSPS) is 12.3. The first-order chi connectivity index (χ1) is 6.39. The molecule has 0 N–H and O–H groups in total. The zero-order valence-electron chi connectivity index (χ0n) is 8.64. The van der Waals surface area contributed by atoms with Gasteiger partial charge in [-0.15, -0.1) is 0 Å². The first-order valence-corrected chi connectivity index (χ1v) is 6.13. The maximum absolute atomic E-state index is 11.1. The van der Waals surface area contributed by atoms with Crippen LogP contribution >= 0.6 is 0 Å².